The van der Waals surface area contributed by atoms with Crippen LogP contribution in [0.5, 0.6) is 0 Å². The molecule has 0 fully saturated rings. The van der Waals surface area contributed by atoms with Crippen molar-refractivity contribution in [3.05, 3.63) is 46.4 Å². The van der Waals surface area contributed by atoms with Crippen LogP contribution in [0.3, 0.4) is 0 Å². The van der Waals surface area contributed by atoms with E-state index in [1.165, 1.54) is 22.2 Å². The third kappa shape index (κ3) is 3.46. The highest BCUT2D eigenvalue weighted by Gasteiger charge is 2.17. The second-order valence-electron chi connectivity index (χ2n) is 5.02. The van der Waals surface area contributed by atoms with Crippen LogP contribution in [0.2, 0.25) is 0 Å². The smallest absolute Gasteiger partial charge is 0.315 e. The molecule has 8 nitrogen and oxygen atoms in total. The van der Waals surface area contributed by atoms with Gasteiger partial charge in [-0.1, -0.05) is 0 Å². The summed E-state index contributed by atoms with van der Waals surface area (Å²) in [7, 11) is 0. The third-order valence-electron chi connectivity index (χ3n) is 3.08. The molecule has 0 saturated carbocycles. The lowest BCUT2D eigenvalue weighted by Crippen LogP contribution is -2.29. The van der Waals surface area contributed by atoms with Crippen molar-refractivity contribution in [2.24, 2.45) is 0 Å². The minimum Gasteiger partial charge on any atom is -0.317 e. The van der Waals surface area contributed by atoms with Gasteiger partial charge in [-0.25, -0.2) is 0 Å². The van der Waals surface area contributed by atoms with E-state index in [1.807, 2.05) is 13.8 Å². The molecule has 0 aromatic carbocycles. The summed E-state index contributed by atoms with van der Waals surface area (Å²) in [5.74, 6) is -0.777. The molecule has 0 radical (unpaired) electrons. The molecule has 0 saturated heterocycles. The molecule has 3 aromatic rings. The lowest BCUT2D eigenvalue weighted by molar-refractivity contribution is -0.133. The van der Waals surface area contributed by atoms with Crippen LogP contribution in [-0.2, 0) is 9.59 Å². The number of anilines is 2. The van der Waals surface area contributed by atoms with Gasteiger partial charge in [0.1, 0.15) is 5.82 Å². The fraction of sp³-hybridized carbons (Fsp3) is 0.133. The average Bonchev–Trinajstić information content (AvgIpc) is 3.17. The van der Waals surface area contributed by atoms with Crippen molar-refractivity contribution < 1.29 is 9.59 Å². The third-order valence-corrected chi connectivity index (χ3v) is 3.94. The number of rotatable bonds is 3. The predicted molar refractivity (Wildman–Crippen MR) is 90.2 cm³/mol. The number of nitrogens with zero attached hydrogens (tertiary/aromatic N) is 4. The summed E-state index contributed by atoms with van der Waals surface area (Å²) in [4.78, 5) is 25.1. The topological polar surface area (TPSA) is 102 Å². The Morgan fingerprint density at radius 1 is 1.08 bits per heavy atom. The van der Waals surface area contributed by atoms with Crippen LogP contribution >= 0.6 is 11.3 Å². The number of aromatic nitrogens is 4. The number of carbonyl (C=O) groups excluding carboxylic acids is 2. The van der Waals surface area contributed by atoms with E-state index in [9.17, 15) is 9.59 Å². The van der Waals surface area contributed by atoms with E-state index in [4.69, 9.17) is 0 Å². The maximum Gasteiger partial charge on any atom is 0.315 e. The van der Waals surface area contributed by atoms with Gasteiger partial charge in [-0.15, -0.1) is 16.4 Å². The highest BCUT2D eigenvalue weighted by molar-refractivity contribution is 7.10. The number of hydrogen-bond donors (Lipinski definition) is 2. The normalized spacial score (nSPS) is 10.4. The van der Waals surface area contributed by atoms with Gasteiger partial charge in [0.2, 0.25) is 0 Å². The van der Waals surface area contributed by atoms with Gasteiger partial charge in [0.05, 0.1) is 17.6 Å². The van der Waals surface area contributed by atoms with E-state index in [0.29, 0.717) is 17.3 Å². The van der Waals surface area contributed by atoms with Crippen LogP contribution in [0.15, 0.2) is 35.8 Å². The summed E-state index contributed by atoms with van der Waals surface area (Å²) >= 11 is 1.49. The molecular weight excluding hydrogens is 328 g/mol. The van der Waals surface area contributed by atoms with Crippen molar-refractivity contribution in [3.8, 4) is 5.82 Å². The molecule has 2 amide bonds. The Labute approximate surface area is 141 Å². The summed E-state index contributed by atoms with van der Waals surface area (Å²) in [5, 5.41) is 18.9. The number of amides is 2. The van der Waals surface area contributed by atoms with Gasteiger partial charge in [0, 0.05) is 16.3 Å². The van der Waals surface area contributed by atoms with Crippen LogP contribution in [0.1, 0.15) is 10.6 Å². The summed E-state index contributed by atoms with van der Waals surface area (Å²) in [6.45, 7) is 3.74. The van der Waals surface area contributed by atoms with Gasteiger partial charge < -0.3 is 10.6 Å². The molecular formula is C15H14N6O2S. The molecule has 3 heterocycles. The van der Waals surface area contributed by atoms with Crippen molar-refractivity contribution in [3.63, 3.8) is 0 Å². The molecule has 3 rings (SSSR count). The van der Waals surface area contributed by atoms with E-state index in [2.05, 4.69) is 25.9 Å². The fourth-order valence-electron chi connectivity index (χ4n) is 1.96. The molecule has 2 N–H and O–H groups in total. The second-order valence-corrected chi connectivity index (χ2v) is 6.13. The molecule has 0 bridgehead atoms. The predicted octanol–water partition coefficient (Wildman–Crippen LogP) is 1.92. The van der Waals surface area contributed by atoms with Gasteiger partial charge in [-0.05, 0) is 32.0 Å². The Balaban J connectivity index is 1.72. The van der Waals surface area contributed by atoms with Crippen LogP contribution in [0.25, 0.3) is 5.82 Å². The summed E-state index contributed by atoms with van der Waals surface area (Å²) < 4.78 is 1.40. The minimum absolute atomic E-state index is 0.329. The first-order valence-corrected chi connectivity index (χ1v) is 7.93. The molecule has 0 aliphatic carbocycles. The minimum atomic E-state index is -0.791. The van der Waals surface area contributed by atoms with Gasteiger partial charge in [0.25, 0.3) is 0 Å². The molecule has 9 heteroatoms. The Hall–Kier alpha value is -3.07. The van der Waals surface area contributed by atoms with Gasteiger partial charge >= 0.3 is 11.8 Å². The van der Waals surface area contributed by atoms with Gasteiger partial charge in [0.15, 0.2) is 5.82 Å². The van der Waals surface area contributed by atoms with Crippen LogP contribution in [-0.4, -0.2) is 31.8 Å². The maximum absolute atomic E-state index is 12.1. The molecule has 3 aromatic heterocycles. The number of aryl methyl sites for hydroxylation is 2. The van der Waals surface area contributed by atoms with Crippen LogP contribution in [0.4, 0.5) is 11.5 Å². The number of thiophene rings is 1. The van der Waals surface area contributed by atoms with E-state index < -0.39 is 11.8 Å². The average molecular weight is 342 g/mol. The van der Waals surface area contributed by atoms with Crippen LogP contribution in [0, 0.1) is 13.8 Å². The number of carbonyl (C=O) groups is 2. The largest absolute Gasteiger partial charge is 0.317 e. The maximum atomic E-state index is 12.1. The standard InChI is InChI=1S/C15H14N6O2S/c1-9-3-4-13(20-19-9)21-12(5-6-16-21)18-15(23)14(22)17-11-7-10(2)24-8-11/h3-8H,1-2H3,(H,17,22)(H,18,23). The molecule has 0 unspecified atom stereocenters. The van der Waals surface area contributed by atoms with Crippen molar-refractivity contribution in [2.75, 3.05) is 10.6 Å². The zero-order valence-corrected chi connectivity index (χ0v) is 13.8. The van der Waals surface area contributed by atoms with E-state index in [1.54, 1.807) is 29.6 Å². The van der Waals surface area contributed by atoms with Gasteiger partial charge in [-0.3, -0.25) is 9.59 Å². The molecule has 24 heavy (non-hydrogen) atoms. The lowest BCUT2D eigenvalue weighted by Gasteiger charge is -2.07. The Morgan fingerprint density at radius 3 is 2.54 bits per heavy atom. The zero-order valence-electron chi connectivity index (χ0n) is 13.0. The molecule has 0 atom stereocenters. The quantitative estimate of drug-likeness (QED) is 0.708. The summed E-state index contributed by atoms with van der Waals surface area (Å²) in [6, 6.07) is 6.86. The van der Waals surface area contributed by atoms with E-state index in [-0.39, 0.29) is 0 Å². The molecule has 0 aliphatic rings. The second kappa shape index (κ2) is 6.59. The lowest BCUT2D eigenvalue weighted by atomic mass is 10.4. The fourth-order valence-corrected chi connectivity index (χ4v) is 2.59. The van der Waals surface area contributed by atoms with Crippen molar-refractivity contribution in [2.45, 2.75) is 13.8 Å². The summed E-state index contributed by atoms with van der Waals surface area (Å²) in [6.07, 6.45) is 1.50. The Kier molecular flexibility index (Phi) is 4.34. The molecule has 0 spiro atoms. The van der Waals surface area contributed by atoms with E-state index in [0.717, 1.165) is 10.6 Å². The first kappa shape index (κ1) is 15.8. The highest BCUT2D eigenvalue weighted by Crippen LogP contribution is 2.18. The zero-order chi connectivity index (χ0) is 17.1. The SMILES string of the molecule is Cc1ccc(-n2nccc2NC(=O)C(=O)Nc2csc(C)c2)nn1. The van der Waals surface area contributed by atoms with Crippen molar-refractivity contribution in [1.82, 2.24) is 20.0 Å². The summed E-state index contributed by atoms with van der Waals surface area (Å²) in [5.41, 5.74) is 1.36. The molecule has 122 valence electrons. The van der Waals surface area contributed by atoms with Crippen molar-refractivity contribution in [1.29, 1.82) is 0 Å². The highest BCUT2D eigenvalue weighted by atomic mass is 32.1. The van der Waals surface area contributed by atoms with E-state index >= 15 is 0 Å². The Morgan fingerprint density at radius 2 is 1.88 bits per heavy atom. The molecule has 0 aliphatic heterocycles. The van der Waals surface area contributed by atoms with Gasteiger partial charge in [-0.2, -0.15) is 14.9 Å². The first-order chi connectivity index (χ1) is 11.5. The Bertz CT molecular complexity index is 884. The van der Waals surface area contributed by atoms with Crippen molar-refractivity contribution >= 4 is 34.7 Å². The van der Waals surface area contributed by atoms with Crippen LogP contribution < -0.4 is 10.6 Å². The number of hydrogen-bond acceptors (Lipinski definition) is 6. The number of nitrogens with one attached hydrogen (secondary N) is 2. The first-order valence-electron chi connectivity index (χ1n) is 7.05. The monoisotopic (exact) mass is 342 g/mol.